The molecule has 10 heavy (non-hydrogen) atoms. The maximum absolute atomic E-state index is 10.5. The van der Waals surface area contributed by atoms with Crippen molar-refractivity contribution in [2.24, 2.45) is 0 Å². The van der Waals surface area contributed by atoms with Crippen LogP contribution < -0.4 is 3.53 Å². The Morgan fingerprint density at radius 3 is 2.90 bits per heavy atom. The van der Waals surface area contributed by atoms with E-state index in [9.17, 15) is 4.79 Å². The monoisotopic (exact) mass is 259 g/mol. The fraction of sp³-hybridized carbons (Fsp3) is 0.800. The molecule has 5 heteroatoms. The second-order valence-corrected chi connectivity index (χ2v) is 2.19. The van der Waals surface area contributed by atoms with E-state index in [2.05, 4.69) is 3.53 Å². The van der Waals surface area contributed by atoms with Gasteiger partial charge in [-0.1, -0.05) is 0 Å². The van der Waals surface area contributed by atoms with Crippen molar-refractivity contribution in [3.05, 3.63) is 0 Å². The van der Waals surface area contributed by atoms with Crippen molar-refractivity contribution in [1.82, 2.24) is 3.53 Å². The van der Waals surface area contributed by atoms with Gasteiger partial charge in [0.15, 0.2) is 0 Å². The lowest BCUT2D eigenvalue weighted by Crippen LogP contribution is -2.18. The van der Waals surface area contributed by atoms with E-state index in [1.165, 1.54) is 0 Å². The number of ether oxygens (including phenoxy) is 1. The highest BCUT2D eigenvalue weighted by atomic mass is 127. The number of carbonyl (C=O) groups is 1. The van der Waals surface area contributed by atoms with Crippen LogP contribution >= 0.6 is 22.9 Å². The Bertz CT molecular complexity index is 98.9. The molecular weight excluding hydrogens is 249 g/mol. The van der Waals surface area contributed by atoms with E-state index in [0.717, 1.165) is 0 Å². The molecule has 2 N–H and O–H groups in total. The Morgan fingerprint density at radius 2 is 2.40 bits per heavy atom. The molecule has 0 aromatic carbocycles. The molecule has 0 aliphatic rings. The van der Waals surface area contributed by atoms with Gasteiger partial charge in [-0.05, 0) is 6.42 Å². The number of hydrogen-bond donors (Lipinski definition) is 2. The Balaban J connectivity index is 2.96. The zero-order chi connectivity index (χ0) is 7.82. The molecule has 0 saturated heterocycles. The zero-order valence-electron chi connectivity index (χ0n) is 5.47. The van der Waals surface area contributed by atoms with Crippen LogP contribution in [-0.2, 0) is 9.53 Å². The predicted octanol–water partition coefficient (Wildman–Crippen LogP) is -0.148. The van der Waals surface area contributed by atoms with E-state index in [4.69, 9.17) is 9.84 Å². The first-order chi connectivity index (χ1) is 4.81. The summed E-state index contributed by atoms with van der Waals surface area (Å²) in [6.45, 7) is 0.607. The van der Waals surface area contributed by atoms with Crippen LogP contribution in [-0.4, -0.2) is 30.8 Å². The maximum Gasteiger partial charge on any atom is 0.254 e. The molecule has 0 heterocycles. The first-order valence-electron chi connectivity index (χ1n) is 2.89. The molecule has 0 radical (unpaired) electrons. The van der Waals surface area contributed by atoms with E-state index in [-0.39, 0.29) is 19.1 Å². The van der Waals surface area contributed by atoms with Gasteiger partial charge < -0.3 is 9.84 Å². The molecule has 0 aliphatic carbocycles. The molecule has 0 spiro atoms. The van der Waals surface area contributed by atoms with Crippen LogP contribution in [0.2, 0.25) is 0 Å². The normalized spacial score (nSPS) is 9.40. The average Bonchev–Trinajstić information content (AvgIpc) is 1.98. The fourth-order valence-electron chi connectivity index (χ4n) is 0.359. The van der Waals surface area contributed by atoms with E-state index in [1.807, 2.05) is 0 Å². The van der Waals surface area contributed by atoms with Crippen molar-refractivity contribution >= 4 is 28.8 Å². The van der Waals surface area contributed by atoms with E-state index >= 15 is 0 Å². The summed E-state index contributed by atoms with van der Waals surface area (Å²) in [6, 6.07) is 0. The number of halogens is 1. The van der Waals surface area contributed by atoms with Gasteiger partial charge in [0, 0.05) is 13.2 Å². The molecule has 60 valence electrons. The number of aliphatic hydroxyl groups excluding tert-OH is 1. The summed E-state index contributed by atoms with van der Waals surface area (Å²) in [7, 11) is 0. The molecule has 4 nitrogen and oxygen atoms in total. The SMILES string of the molecule is O=C(COCCCO)NI. The van der Waals surface area contributed by atoms with E-state index in [0.29, 0.717) is 13.0 Å². The van der Waals surface area contributed by atoms with Crippen LogP contribution in [0.5, 0.6) is 0 Å². The summed E-state index contributed by atoms with van der Waals surface area (Å²) in [6.07, 6.45) is 0.578. The minimum absolute atomic E-state index is 0.0724. The molecule has 0 aliphatic heterocycles. The highest BCUT2D eigenvalue weighted by Crippen LogP contribution is 1.81. The van der Waals surface area contributed by atoms with Crippen molar-refractivity contribution in [3.8, 4) is 0 Å². The number of rotatable bonds is 5. The smallest absolute Gasteiger partial charge is 0.254 e. The molecule has 0 unspecified atom stereocenters. The van der Waals surface area contributed by atoms with Gasteiger partial charge >= 0.3 is 0 Å². The third-order valence-corrected chi connectivity index (χ3v) is 1.39. The largest absolute Gasteiger partial charge is 0.396 e. The minimum Gasteiger partial charge on any atom is -0.396 e. The second kappa shape index (κ2) is 7.23. The molecule has 0 saturated carbocycles. The first kappa shape index (κ1) is 10.1. The Labute approximate surface area is 73.4 Å². The lowest BCUT2D eigenvalue weighted by atomic mass is 10.5. The van der Waals surface area contributed by atoms with Gasteiger partial charge in [0.1, 0.15) is 6.61 Å². The molecule has 0 rings (SSSR count). The molecule has 0 bridgehead atoms. The van der Waals surface area contributed by atoms with Gasteiger partial charge in [0.25, 0.3) is 5.91 Å². The Kier molecular flexibility index (Phi) is 7.32. The average molecular weight is 259 g/mol. The summed E-state index contributed by atoms with van der Waals surface area (Å²) in [5, 5.41) is 8.31. The number of hydrogen-bond acceptors (Lipinski definition) is 3. The molecule has 0 aromatic rings. The van der Waals surface area contributed by atoms with Crippen LogP contribution in [0.1, 0.15) is 6.42 Å². The van der Waals surface area contributed by atoms with Crippen LogP contribution in [0.15, 0.2) is 0 Å². The van der Waals surface area contributed by atoms with Gasteiger partial charge in [0.2, 0.25) is 0 Å². The summed E-state index contributed by atoms with van der Waals surface area (Å²) < 4.78 is 7.24. The summed E-state index contributed by atoms with van der Waals surface area (Å²) in [5.74, 6) is -0.154. The van der Waals surface area contributed by atoms with E-state index in [1.54, 1.807) is 22.9 Å². The topological polar surface area (TPSA) is 58.6 Å². The lowest BCUT2D eigenvalue weighted by Gasteiger charge is -1.99. The van der Waals surface area contributed by atoms with Crippen LogP contribution in [0, 0.1) is 0 Å². The summed E-state index contributed by atoms with van der Waals surface area (Å²) in [5.41, 5.74) is 0. The Morgan fingerprint density at radius 1 is 1.70 bits per heavy atom. The van der Waals surface area contributed by atoms with Gasteiger partial charge in [-0.3, -0.25) is 8.32 Å². The quantitative estimate of drug-likeness (QED) is 0.410. The molecule has 1 amide bonds. The molecule has 0 aromatic heterocycles. The molecule has 0 fully saturated rings. The van der Waals surface area contributed by atoms with Crippen LogP contribution in [0.3, 0.4) is 0 Å². The van der Waals surface area contributed by atoms with Crippen molar-refractivity contribution in [1.29, 1.82) is 0 Å². The van der Waals surface area contributed by atoms with Gasteiger partial charge in [-0.25, -0.2) is 0 Å². The van der Waals surface area contributed by atoms with Crippen molar-refractivity contribution in [3.63, 3.8) is 0 Å². The second-order valence-electron chi connectivity index (χ2n) is 1.65. The maximum atomic E-state index is 10.5. The van der Waals surface area contributed by atoms with Gasteiger partial charge in [-0.15, -0.1) is 0 Å². The standard InChI is InChI=1S/C5H10INO3/c6-7-5(9)4-10-3-1-2-8/h8H,1-4H2,(H,7,9). The predicted molar refractivity (Wildman–Crippen MR) is 44.7 cm³/mol. The lowest BCUT2D eigenvalue weighted by molar-refractivity contribution is -0.123. The van der Waals surface area contributed by atoms with Gasteiger partial charge in [0.05, 0.1) is 22.9 Å². The first-order valence-corrected chi connectivity index (χ1v) is 3.97. The summed E-state index contributed by atoms with van der Waals surface area (Å²) >= 11 is 1.75. The van der Waals surface area contributed by atoms with Crippen LogP contribution in [0.4, 0.5) is 0 Å². The molecule has 0 atom stereocenters. The Hall–Kier alpha value is 0.120. The highest BCUT2D eigenvalue weighted by Gasteiger charge is 1.96. The van der Waals surface area contributed by atoms with Gasteiger partial charge in [-0.2, -0.15) is 0 Å². The number of aliphatic hydroxyl groups is 1. The fourth-order valence-corrected chi connectivity index (χ4v) is 0.514. The third kappa shape index (κ3) is 6.24. The van der Waals surface area contributed by atoms with Crippen molar-refractivity contribution in [2.75, 3.05) is 19.8 Å². The van der Waals surface area contributed by atoms with Crippen molar-refractivity contribution < 1.29 is 14.6 Å². The summed E-state index contributed by atoms with van der Waals surface area (Å²) in [4.78, 5) is 10.5. The zero-order valence-corrected chi connectivity index (χ0v) is 7.63. The number of amides is 1. The highest BCUT2D eigenvalue weighted by molar-refractivity contribution is 14.1. The van der Waals surface area contributed by atoms with Crippen molar-refractivity contribution in [2.45, 2.75) is 6.42 Å². The number of carbonyl (C=O) groups excluding carboxylic acids is 1. The minimum atomic E-state index is -0.154. The third-order valence-electron chi connectivity index (χ3n) is 0.785. The molecular formula is C5H10INO3. The van der Waals surface area contributed by atoms with Crippen LogP contribution in [0.25, 0.3) is 0 Å². The number of nitrogens with one attached hydrogen (secondary N) is 1. The van der Waals surface area contributed by atoms with E-state index < -0.39 is 0 Å².